The summed E-state index contributed by atoms with van der Waals surface area (Å²) in [5, 5.41) is 0. The fourth-order valence-electron chi connectivity index (χ4n) is 1.87. The van der Waals surface area contributed by atoms with Gasteiger partial charge in [-0.25, -0.2) is 4.98 Å². The number of likely N-dealkylation sites (N-methyl/N-ethyl adjacent to an activating group) is 1. The molecule has 2 heterocycles. The number of anilines is 1. The van der Waals surface area contributed by atoms with Crippen molar-refractivity contribution in [2.24, 2.45) is 0 Å². The Balaban J connectivity index is 2.13. The third kappa shape index (κ3) is 2.29. The summed E-state index contributed by atoms with van der Waals surface area (Å²) < 4.78 is 5.39. The monoisotopic (exact) mass is 206 g/mol. The first-order valence-corrected chi connectivity index (χ1v) is 5.57. The van der Waals surface area contributed by atoms with Crippen molar-refractivity contribution in [2.75, 3.05) is 25.2 Å². The molecule has 0 aliphatic carbocycles. The van der Waals surface area contributed by atoms with Crippen LogP contribution in [-0.2, 0) is 11.2 Å². The summed E-state index contributed by atoms with van der Waals surface area (Å²) in [6.45, 7) is 3.84. The van der Waals surface area contributed by atoms with Gasteiger partial charge in [-0.05, 0) is 25.0 Å². The molecule has 82 valence electrons. The summed E-state index contributed by atoms with van der Waals surface area (Å²) in [4.78, 5) is 6.83. The quantitative estimate of drug-likeness (QED) is 0.755. The molecule has 0 bridgehead atoms. The number of hydrogen-bond donors (Lipinski definition) is 0. The van der Waals surface area contributed by atoms with Gasteiger partial charge in [0.25, 0.3) is 0 Å². The first-order valence-electron chi connectivity index (χ1n) is 5.57. The smallest absolute Gasteiger partial charge is 0.128 e. The molecule has 0 amide bonds. The fourth-order valence-corrected chi connectivity index (χ4v) is 1.87. The van der Waals surface area contributed by atoms with Crippen LogP contribution in [0.25, 0.3) is 0 Å². The van der Waals surface area contributed by atoms with Crippen molar-refractivity contribution < 1.29 is 4.74 Å². The minimum absolute atomic E-state index is 0.490. The van der Waals surface area contributed by atoms with E-state index in [1.54, 1.807) is 0 Å². The Morgan fingerprint density at radius 1 is 1.53 bits per heavy atom. The maximum atomic E-state index is 5.39. The van der Waals surface area contributed by atoms with Crippen LogP contribution in [0, 0.1) is 0 Å². The van der Waals surface area contributed by atoms with Crippen LogP contribution in [0.15, 0.2) is 18.2 Å². The highest BCUT2D eigenvalue weighted by atomic mass is 16.5. The van der Waals surface area contributed by atoms with E-state index < -0.39 is 0 Å². The second-order valence-electron chi connectivity index (χ2n) is 3.97. The summed E-state index contributed by atoms with van der Waals surface area (Å²) in [6.07, 6.45) is 2.09. The third-order valence-electron chi connectivity index (χ3n) is 2.97. The van der Waals surface area contributed by atoms with Crippen molar-refractivity contribution in [3.63, 3.8) is 0 Å². The molecule has 1 aliphatic heterocycles. The average Bonchev–Trinajstić information content (AvgIpc) is 2.81. The Kier molecular flexibility index (Phi) is 3.21. The van der Waals surface area contributed by atoms with Gasteiger partial charge in [0.15, 0.2) is 0 Å². The minimum Gasteiger partial charge on any atom is -0.379 e. The molecular formula is C12H18N2O. The zero-order chi connectivity index (χ0) is 10.7. The topological polar surface area (TPSA) is 25.4 Å². The van der Waals surface area contributed by atoms with E-state index in [-0.39, 0.29) is 0 Å². The largest absolute Gasteiger partial charge is 0.379 e. The molecule has 1 aromatic heterocycles. The van der Waals surface area contributed by atoms with Crippen molar-refractivity contribution in [2.45, 2.75) is 25.8 Å². The van der Waals surface area contributed by atoms with Gasteiger partial charge in [0.2, 0.25) is 0 Å². The molecule has 0 radical (unpaired) electrons. The van der Waals surface area contributed by atoms with Gasteiger partial charge >= 0.3 is 0 Å². The maximum Gasteiger partial charge on any atom is 0.128 e. The van der Waals surface area contributed by atoms with Crippen LogP contribution in [0.5, 0.6) is 0 Å². The molecule has 0 spiro atoms. The molecule has 0 N–H and O–H groups in total. The zero-order valence-corrected chi connectivity index (χ0v) is 9.44. The second-order valence-corrected chi connectivity index (χ2v) is 3.97. The van der Waals surface area contributed by atoms with E-state index >= 15 is 0 Å². The van der Waals surface area contributed by atoms with Crippen LogP contribution in [-0.4, -0.2) is 31.3 Å². The molecule has 15 heavy (non-hydrogen) atoms. The summed E-state index contributed by atoms with van der Waals surface area (Å²) in [5.41, 5.74) is 1.15. The van der Waals surface area contributed by atoms with Gasteiger partial charge in [-0.15, -0.1) is 0 Å². The summed E-state index contributed by atoms with van der Waals surface area (Å²) in [5.74, 6) is 1.06. The van der Waals surface area contributed by atoms with Crippen LogP contribution >= 0.6 is 0 Å². The van der Waals surface area contributed by atoms with Crippen molar-refractivity contribution in [1.29, 1.82) is 0 Å². The molecule has 1 aromatic rings. The molecule has 0 unspecified atom stereocenters. The first kappa shape index (κ1) is 10.4. The number of aromatic nitrogens is 1. The molecule has 0 saturated carbocycles. The number of pyridine rings is 1. The van der Waals surface area contributed by atoms with E-state index in [1.165, 1.54) is 0 Å². The fraction of sp³-hybridized carbons (Fsp3) is 0.583. The van der Waals surface area contributed by atoms with E-state index in [0.717, 1.165) is 37.6 Å². The Bertz CT molecular complexity index is 321. The van der Waals surface area contributed by atoms with Gasteiger partial charge in [0, 0.05) is 19.3 Å². The Labute approximate surface area is 91.1 Å². The van der Waals surface area contributed by atoms with Crippen molar-refractivity contribution >= 4 is 5.82 Å². The van der Waals surface area contributed by atoms with Crippen molar-refractivity contribution in [3.8, 4) is 0 Å². The Morgan fingerprint density at radius 2 is 2.40 bits per heavy atom. The molecule has 1 fully saturated rings. The van der Waals surface area contributed by atoms with E-state index in [4.69, 9.17) is 4.74 Å². The Hall–Kier alpha value is -1.09. The Morgan fingerprint density at radius 3 is 3.07 bits per heavy atom. The summed E-state index contributed by atoms with van der Waals surface area (Å²) >= 11 is 0. The SMILES string of the molecule is CCc1cccc(N(C)[C@H]2CCOC2)n1. The number of rotatable bonds is 3. The van der Waals surface area contributed by atoms with E-state index in [9.17, 15) is 0 Å². The predicted octanol–water partition coefficient (Wildman–Crippen LogP) is 1.87. The van der Waals surface area contributed by atoms with Crippen molar-refractivity contribution in [3.05, 3.63) is 23.9 Å². The lowest BCUT2D eigenvalue weighted by Crippen LogP contribution is -2.32. The lowest BCUT2D eigenvalue weighted by Gasteiger charge is -2.24. The molecule has 2 rings (SSSR count). The molecule has 1 saturated heterocycles. The van der Waals surface area contributed by atoms with E-state index in [0.29, 0.717) is 6.04 Å². The van der Waals surface area contributed by atoms with Crippen LogP contribution in [0.2, 0.25) is 0 Å². The standard InChI is InChI=1S/C12H18N2O/c1-3-10-5-4-6-12(13-10)14(2)11-7-8-15-9-11/h4-6,11H,3,7-9H2,1-2H3/t11-/m0/s1. The van der Waals surface area contributed by atoms with Gasteiger partial charge < -0.3 is 9.64 Å². The van der Waals surface area contributed by atoms with Gasteiger partial charge in [0.1, 0.15) is 5.82 Å². The molecule has 1 aliphatic rings. The van der Waals surface area contributed by atoms with Gasteiger partial charge in [-0.2, -0.15) is 0 Å². The zero-order valence-electron chi connectivity index (χ0n) is 9.44. The van der Waals surface area contributed by atoms with Crippen LogP contribution in [0.1, 0.15) is 19.0 Å². The lowest BCUT2D eigenvalue weighted by atomic mass is 10.2. The molecular weight excluding hydrogens is 188 g/mol. The highest BCUT2D eigenvalue weighted by molar-refractivity contribution is 5.39. The molecule has 0 aromatic carbocycles. The highest BCUT2D eigenvalue weighted by Gasteiger charge is 2.21. The van der Waals surface area contributed by atoms with E-state index in [2.05, 4.69) is 42.1 Å². The maximum absolute atomic E-state index is 5.39. The van der Waals surface area contributed by atoms with Crippen LogP contribution in [0.4, 0.5) is 5.82 Å². The minimum atomic E-state index is 0.490. The molecule has 1 atom stereocenters. The summed E-state index contributed by atoms with van der Waals surface area (Å²) in [6, 6.07) is 6.71. The van der Waals surface area contributed by atoms with Gasteiger partial charge in [0.05, 0.1) is 12.6 Å². The molecule has 3 heteroatoms. The number of aryl methyl sites for hydroxylation is 1. The highest BCUT2D eigenvalue weighted by Crippen LogP contribution is 2.18. The number of nitrogens with zero attached hydrogens (tertiary/aromatic N) is 2. The van der Waals surface area contributed by atoms with Crippen LogP contribution < -0.4 is 4.90 Å². The lowest BCUT2D eigenvalue weighted by molar-refractivity contribution is 0.193. The van der Waals surface area contributed by atoms with E-state index in [1.807, 2.05) is 0 Å². The van der Waals surface area contributed by atoms with Crippen LogP contribution in [0.3, 0.4) is 0 Å². The van der Waals surface area contributed by atoms with Gasteiger partial charge in [-0.1, -0.05) is 13.0 Å². The van der Waals surface area contributed by atoms with Crippen molar-refractivity contribution in [1.82, 2.24) is 4.98 Å². The predicted molar refractivity (Wildman–Crippen MR) is 61.2 cm³/mol. The molecule has 3 nitrogen and oxygen atoms in total. The first-order chi connectivity index (χ1) is 7.31. The van der Waals surface area contributed by atoms with Gasteiger partial charge in [-0.3, -0.25) is 0 Å². The normalized spacial score (nSPS) is 20.5. The number of hydrogen-bond acceptors (Lipinski definition) is 3. The third-order valence-corrected chi connectivity index (χ3v) is 2.97. The number of ether oxygens (including phenoxy) is 1. The second kappa shape index (κ2) is 4.62. The average molecular weight is 206 g/mol. The summed E-state index contributed by atoms with van der Waals surface area (Å²) in [7, 11) is 2.10.